The summed E-state index contributed by atoms with van der Waals surface area (Å²) in [7, 11) is 0. The number of benzene rings is 1. The molecule has 7 heteroatoms. The Morgan fingerprint density at radius 2 is 1.77 bits per heavy atom. The van der Waals surface area contributed by atoms with Gasteiger partial charge in [0.2, 0.25) is 0 Å². The number of aromatic carboxylic acids is 1. The lowest BCUT2D eigenvalue weighted by atomic mass is 10.1. The molecule has 0 spiro atoms. The van der Waals surface area contributed by atoms with Gasteiger partial charge in [0.25, 0.3) is 0 Å². The minimum Gasteiger partial charge on any atom is -0.478 e. The van der Waals surface area contributed by atoms with Crippen LogP contribution < -0.4 is 4.90 Å². The first-order valence-electron chi connectivity index (χ1n) is 7.35. The molecule has 1 unspecified atom stereocenters. The quantitative estimate of drug-likeness (QED) is 0.659. The molecule has 0 aliphatic heterocycles. The van der Waals surface area contributed by atoms with Crippen molar-refractivity contribution in [2.45, 2.75) is 44.4 Å². The van der Waals surface area contributed by atoms with Crippen LogP contribution in [0, 0.1) is 0 Å². The van der Waals surface area contributed by atoms with Gasteiger partial charge in [-0.15, -0.1) is 0 Å². The van der Waals surface area contributed by atoms with Crippen LogP contribution in [0.4, 0.5) is 5.69 Å². The number of hydrogen-bond acceptors (Lipinski definition) is 3. The van der Waals surface area contributed by atoms with Crippen molar-refractivity contribution < 1.29 is 18.7 Å². The lowest BCUT2D eigenvalue weighted by Gasteiger charge is -2.26. The predicted molar refractivity (Wildman–Crippen MR) is 89.5 cm³/mol. The highest BCUT2D eigenvalue weighted by molar-refractivity contribution is 7.79. The fourth-order valence-corrected chi connectivity index (χ4v) is 2.96. The van der Waals surface area contributed by atoms with Crippen LogP contribution in [-0.4, -0.2) is 32.9 Å². The van der Waals surface area contributed by atoms with E-state index in [2.05, 4.69) is 13.8 Å². The molecule has 2 N–H and O–H groups in total. The largest absolute Gasteiger partial charge is 0.478 e. The van der Waals surface area contributed by atoms with E-state index in [0.29, 0.717) is 5.69 Å². The Labute approximate surface area is 138 Å². The summed E-state index contributed by atoms with van der Waals surface area (Å²) >= 11 is 3.73. The maximum atomic E-state index is 11.5. The maximum absolute atomic E-state index is 11.5. The van der Waals surface area contributed by atoms with Crippen molar-refractivity contribution in [2.75, 3.05) is 18.0 Å². The molecule has 0 heterocycles. The summed E-state index contributed by atoms with van der Waals surface area (Å²) in [4.78, 5) is 13.4. The minimum atomic E-state index is -2.31. The van der Waals surface area contributed by atoms with Crippen LogP contribution in [0.2, 0.25) is 5.02 Å². The van der Waals surface area contributed by atoms with Crippen molar-refractivity contribution in [2.24, 2.45) is 0 Å². The van der Waals surface area contributed by atoms with E-state index in [-0.39, 0.29) is 15.5 Å². The number of hydrogen-bond donors (Lipinski definition) is 2. The molecule has 0 bridgehead atoms. The van der Waals surface area contributed by atoms with Crippen molar-refractivity contribution in [1.29, 1.82) is 0 Å². The van der Waals surface area contributed by atoms with E-state index < -0.39 is 17.0 Å². The summed E-state index contributed by atoms with van der Waals surface area (Å²) in [5.74, 6) is -1.13. The molecule has 0 fully saturated rings. The average Bonchev–Trinajstić information content (AvgIpc) is 2.46. The summed E-state index contributed by atoms with van der Waals surface area (Å²) in [5, 5.41) is 9.52. The van der Waals surface area contributed by atoms with Crippen molar-refractivity contribution >= 4 is 34.3 Å². The van der Waals surface area contributed by atoms with Crippen LogP contribution in [0.15, 0.2) is 17.0 Å². The number of rotatable bonds is 9. The fourth-order valence-electron chi connectivity index (χ4n) is 2.16. The molecule has 5 nitrogen and oxygen atoms in total. The number of halogens is 1. The highest BCUT2D eigenvalue weighted by atomic mass is 35.5. The second kappa shape index (κ2) is 9.12. The first kappa shape index (κ1) is 18.9. The Morgan fingerprint density at radius 1 is 1.23 bits per heavy atom. The molecule has 124 valence electrons. The second-order valence-electron chi connectivity index (χ2n) is 5.05. The molecular formula is C15H22ClNO4S. The van der Waals surface area contributed by atoms with Gasteiger partial charge in [0.1, 0.15) is 0 Å². The molecule has 1 aromatic carbocycles. The van der Waals surface area contributed by atoms with Crippen molar-refractivity contribution in [3.63, 3.8) is 0 Å². The smallest absolute Gasteiger partial charge is 0.337 e. The summed E-state index contributed by atoms with van der Waals surface area (Å²) in [6.45, 7) is 5.60. The second-order valence-corrected chi connectivity index (χ2v) is 6.39. The van der Waals surface area contributed by atoms with Gasteiger partial charge in [0.05, 0.1) is 21.2 Å². The fraction of sp³-hybridized carbons (Fsp3) is 0.533. The third-order valence-electron chi connectivity index (χ3n) is 3.37. The summed E-state index contributed by atoms with van der Waals surface area (Å²) in [5.41, 5.74) is 0.516. The van der Waals surface area contributed by atoms with E-state index in [1.54, 1.807) is 0 Å². The van der Waals surface area contributed by atoms with Gasteiger partial charge < -0.3 is 14.6 Å². The third-order valence-corrected chi connectivity index (χ3v) is 4.51. The summed E-state index contributed by atoms with van der Waals surface area (Å²) < 4.78 is 20.4. The number of carboxylic acid groups (broad SMARTS) is 1. The minimum absolute atomic E-state index is 0.00834. The number of nitrogens with zero attached hydrogens (tertiary/aromatic N) is 1. The van der Waals surface area contributed by atoms with Gasteiger partial charge in [-0.05, 0) is 25.0 Å². The monoisotopic (exact) mass is 347 g/mol. The van der Waals surface area contributed by atoms with Crippen LogP contribution in [0.5, 0.6) is 0 Å². The van der Waals surface area contributed by atoms with E-state index in [1.807, 2.05) is 4.90 Å². The molecule has 22 heavy (non-hydrogen) atoms. The van der Waals surface area contributed by atoms with Gasteiger partial charge in [0, 0.05) is 13.1 Å². The van der Waals surface area contributed by atoms with Crippen molar-refractivity contribution in [1.82, 2.24) is 0 Å². The van der Waals surface area contributed by atoms with Crippen molar-refractivity contribution in [3.8, 4) is 0 Å². The SMILES string of the molecule is CCCCN(CCCC)c1cc(Cl)c(S(=O)O)cc1C(=O)O. The number of carboxylic acids is 1. The molecule has 1 atom stereocenters. The van der Waals surface area contributed by atoms with Gasteiger partial charge in [-0.3, -0.25) is 0 Å². The van der Waals surface area contributed by atoms with Crippen molar-refractivity contribution in [3.05, 3.63) is 22.7 Å². The zero-order valence-corrected chi connectivity index (χ0v) is 14.4. The van der Waals surface area contributed by atoms with Gasteiger partial charge in [0.15, 0.2) is 11.1 Å². The molecule has 0 aliphatic carbocycles. The molecule has 0 aromatic heterocycles. The van der Waals surface area contributed by atoms with E-state index in [0.717, 1.165) is 38.8 Å². The molecule has 0 aliphatic rings. The van der Waals surface area contributed by atoms with Gasteiger partial charge in [-0.25, -0.2) is 9.00 Å². The van der Waals surface area contributed by atoms with E-state index >= 15 is 0 Å². The predicted octanol–water partition coefficient (Wildman–Crippen LogP) is 4.03. The van der Waals surface area contributed by atoms with Crippen LogP contribution in [0.3, 0.4) is 0 Å². The lowest BCUT2D eigenvalue weighted by molar-refractivity contribution is 0.0697. The zero-order valence-electron chi connectivity index (χ0n) is 12.8. The molecular weight excluding hydrogens is 326 g/mol. The maximum Gasteiger partial charge on any atom is 0.337 e. The number of unbranched alkanes of at least 4 members (excludes halogenated alkanes) is 2. The Bertz CT molecular complexity index is 543. The first-order chi connectivity index (χ1) is 10.4. The Morgan fingerprint density at radius 3 is 2.18 bits per heavy atom. The Hall–Kier alpha value is -1.11. The molecule has 1 rings (SSSR count). The van der Waals surface area contributed by atoms with Crippen LogP contribution >= 0.6 is 11.6 Å². The van der Waals surface area contributed by atoms with Gasteiger partial charge >= 0.3 is 5.97 Å². The topological polar surface area (TPSA) is 77.8 Å². The Balaban J connectivity index is 3.30. The third kappa shape index (κ3) is 4.97. The highest BCUT2D eigenvalue weighted by Gasteiger charge is 2.20. The molecule has 0 radical (unpaired) electrons. The first-order valence-corrected chi connectivity index (χ1v) is 8.83. The lowest BCUT2D eigenvalue weighted by Crippen LogP contribution is -2.27. The van der Waals surface area contributed by atoms with E-state index in [1.165, 1.54) is 12.1 Å². The number of carbonyl (C=O) groups is 1. The van der Waals surface area contributed by atoms with Crippen LogP contribution in [-0.2, 0) is 11.1 Å². The summed E-state index contributed by atoms with van der Waals surface area (Å²) in [6, 6.07) is 2.68. The number of anilines is 1. The Kier molecular flexibility index (Phi) is 7.85. The highest BCUT2D eigenvalue weighted by Crippen LogP contribution is 2.30. The average molecular weight is 348 g/mol. The standard InChI is InChI=1S/C15H22ClNO4S/c1-3-5-7-17(8-6-4-2)13-10-12(16)14(22(20)21)9-11(13)15(18)19/h9-10H,3-8H2,1-2H3,(H,18,19)(H,20,21). The molecule has 0 saturated carbocycles. The van der Waals surface area contributed by atoms with Gasteiger partial charge in [-0.1, -0.05) is 38.3 Å². The zero-order chi connectivity index (χ0) is 16.7. The molecule has 0 amide bonds. The molecule has 0 saturated heterocycles. The van der Waals surface area contributed by atoms with Gasteiger partial charge in [-0.2, -0.15) is 0 Å². The van der Waals surface area contributed by atoms with Crippen LogP contribution in [0.1, 0.15) is 49.9 Å². The molecule has 1 aromatic rings. The van der Waals surface area contributed by atoms with E-state index in [4.69, 9.17) is 11.6 Å². The normalized spacial score (nSPS) is 12.2. The van der Waals surface area contributed by atoms with Crippen LogP contribution in [0.25, 0.3) is 0 Å². The van der Waals surface area contributed by atoms with E-state index in [9.17, 15) is 18.7 Å². The summed E-state index contributed by atoms with van der Waals surface area (Å²) in [6.07, 6.45) is 3.87.